The van der Waals surface area contributed by atoms with Crippen molar-refractivity contribution in [2.45, 2.75) is 12.5 Å². The van der Waals surface area contributed by atoms with Gasteiger partial charge in [-0.25, -0.2) is 4.98 Å². The summed E-state index contributed by atoms with van der Waals surface area (Å²) in [6, 6.07) is 5.54. The Morgan fingerprint density at radius 3 is 2.63 bits per heavy atom. The zero-order valence-corrected chi connectivity index (χ0v) is 11.0. The Balaban J connectivity index is 2.08. The van der Waals surface area contributed by atoms with E-state index in [-0.39, 0.29) is 6.04 Å². The van der Waals surface area contributed by atoms with Crippen molar-refractivity contribution in [2.24, 2.45) is 5.73 Å². The molecule has 2 aromatic heterocycles. The van der Waals surface area contributed by atoms with Gasteiger partial charge in [0.2, 0.25) is 5.88 Å². The molecule has 0 amide bonds. The lowest BCUT2D eigenvalue weighted by Gasteiger charge is -2.12. The summed E-state index contributed by atoms with van der Waals surface area (Å²) >= 11 is 0. The summed E-state index contributed by atoms with van der Waals surface area (Å²) in [5.41, 5.74) is 8.16. The molecule has 5 nitrogen and oxygen atoms in total. The molecule has 5 heteroatoms. The third-order valence-corrected chi connectivity index (χ3v) is 2.86. The van der Waals surface area contributed by atoms with E-state index >= 15 is 0 Å². The van der Waals surface area contributed by atoms with Gasteiger partial charge in [0.05, 0.1) is 20.4 Å². The van der Waals surface area contributed by atoms with Crippen molar-refractivity contribution >= 4 is 0 Å². The average molecular weight is 259 g/mol. The molecule has 0 aliphatic heterocycles. The number of methoxy groups -OCH3 is 2. The largest absolute Gasteiger partial charge is 0.495 e. The fourth-order valence-corrected chi connectivity index (χ4v) is 1.77. The molecule has 0 aliphatic rings. The van der Waals surface area contributed by atoms with Crippen LogP contribution in [0.25, 0.3) is 0 Å². The van der Waals surface area contributed by atoms with Crippen LogP contribution < -0.4 is 15.2 Å². The number of nitrogens with two attached hydrogens (primary N) is 1. The molecule has 0 bridgehead atoms. The fourth-order valence-electron chi connectivity index (χ4n) is 1.77. The first-order valence-corrected chi connectivity index (χ1v) is 5.96. The first-order valence-electron chi connectivity index (χ1n) is 5.96. The van der Waals surface area contributed by atoms with E-state index < -0.39 is 0 Å². The highest BCUT2D eigenvalue weighted by atomic mass is 16.5. The van der Waals surface area contributed by atoms with Gasteiger partial charge in [-0.05, 0) is 23.6 Å². The van der Waals surface area contributed by atoms with Crippen molar-refractivity contribution in [1.82, 2.24) is 9.97 Å². The molecule has 2 N–H and O–H groups in total. The highest BCUT2D eigenvalue weighted by Gasteiger charge is 2.09. The number of nitrogens with zero attached hydrogens (tertiary/aromatic N) is 2. The number of hydrogen-bond acceptors (Lipinski definition) is 5. The minimum atomic E-state index is -0.141. The molecule has 0 spiro atoms. The summed E-state index contributed by atoms with van der Waals surface area (Å²) in [7, 11) is 3.20. The maximum atomic E-state index is 6.17. The number of ether oxygens (including phenoxy) is 2. The van der Waals surface area contributed by atoms with Crippen LogP contribution in [0.1, 0.15) is 17.2 Å². The van der Waals surface area contributed by atoms with Crippen LogP contribution in [0.4, 0.5) is 0 Å². The number of pyridine rings is 2. The van der Waals surface area contributed by atoms with Crippen LogP contribution in [0, 0.1) is 0 Å². The van der Waals surface area contributed by atoms with Gasteiger partial charge in [-0.1, -0.05) is 6.07 Å². The van der Waals surface area contributed by atoms with Crippen molar-refractivity contribution in [3.8, 4) is 11.6 Å². The van der Waals surface area contributed by atoms with Crippen LogP contribution in [0.5, 0.6) is 11.6 Å². The molecule has 2 rings (SSSR count). The molecular formula is C14H17N3O2. The van der Waals surface area contributed by atoms with Crippen molar-refractivity contribution in [3.05, 3.63) is 47.9 Å². The first-order chi connectivity index (χ1) is 9.22. The summed E-state index contributed by atoms with van der Waals surface area (Å²) in [6.45, 7) is 0. The predicted molar refractivity (Wildman–Crippen MR) is 72.2 cm³/mol. The Hall–Kier alpha value is -2.14. The quantitative estimate of drug-likeness (QED) is 0.885. The number of aromatic nitrogens is 2. The van der Waals surface area contributed by atoms with Crippen molar-refractivity contribution < 1.29 is 9.47 Å². The summed E-state index contributed by atoms with van der Waals surface area (Å²) in [6.07, 6.45) is 5.87. The Morgan fingerprint density at radius 2 is 2.00 bits per heavy atom. The van der Waals surface area contributed by atoms with Crippen molar-refractivity contribution in [1.29, 1.82) is 0 Å². The molecule has 0 radical (unpaired) electrons. The van der Waals surface area contributed by atoms with Gasteiger partial charge < -0.3 is 15.2 Å². The van der Waals surface area contributed by atoms with E-state index in [4.69, 9.17) is 15.2 Å². The molecule has 0 saturated heterocycles. The topological polar surface area (TPSA) is 70.3 Å². The summed E-state index contributed by atoms with van der Waals surface area (Å²) in [5, 5.41) is 0. The Morgan fingerprint density at radius 1 is 1.16 bits per heavy atom. The highest BCUT2D eigenvalue weighted by molar-refractivity contribution is 5.27. The lowest BCUT2D eigenvalue weighted by molar-refractivity contribution is 0.397. The van der Waals surface area contributed by atoms with Gasteiger partial charge in [0.15, 0.2) is 0 Å². The molecular weight excluding hydrogens is 242 g/mol. The number of rotatable bonds is 5. The Kier molecular flexibility index (Phi) is 4.30. The zero-order chi connectivity index (χ0) is 13.7. The standard InChI is InChI=1S/C14H17N3O2/c1-18-12-6-11(8-16-9-12)13(15)5-10-3-4-14(19-2)17-7-10/h3-4,6-9,13H,5,15H2,1-2H3. The molecule has 100 valence electrons. The molecule has 2 heterocycles. The van der Waals surface area contributed by atoms with Gasteiger partial charge in [-0.3, -0.25) is 4.98 Å². The Bertz CT molecular complexity index is 528. The number of hydrogen-bond donors (Lipinski definition) is 1. The first kappa shape index (κ1) is 13.3. The molecule has 0 saturated carbocycles. The van der Waals surface area contributed by atoms with Gasteiger partial charge >= 0.3 is 0 Å². The summed E-state index contributed by atoms with van der Waals surface area (Å²) in [4.78, 5) is 8.26. The van der Waals surface area contributed by atoms with Crippen LogP contribution in [0.2, 0.25) is 0 Å². The molecule has 0 aliphatic carbocycles. The van der Waals surface area contributed by atoms with Crippen LogP contribution in [0.3, 0.4) is 0 Å². The van der Waals surface area contributed by atoms with E-state index in [1.807, 2.05) is 18.2 Å². The van der Waals surface area contributed by atoms with Crippen LogP contribution in [-0.2, 0) is 6.42 Å². The van der Waals surface area contributed by atoms with E-state index in [0.717, 1.165) is 11.1 Å². The SMILES string of the molecule is COc1cncc(C(N)Cc2ccc(OC)nc2)c1. The maximum absolute atomic E-state index is 6.17. The summed E-state index contributed by atoms with van der Waals surface area (Å²) < 4.78 is 10.2. The van der Waals surface area contributed by atoms with Gasteiger partial charge in [-0.2, -0.15) is 0 Å². The van der Waals surface area contributed by atoms with E-state index in [1.54, 1.807) is 32.8 Å². The zero-order valence-electron chi connectivity index (χ0n) is 11.0. The monoisotopic (exact) mass is 259 g/mol. The smallest absolute Gasteiger partial charge is 0.212 e. The second-order valence-electron chi connectivity index (χ2n) is 4.18. The van der Waals surface area contributed by atoms with Crippen LogP contribution >= 0.6 is 0 Å². The Labute approximate surface area is 112 Å². The minimum Gasteiger partial charge on any atom is -0.495 e. The van der Waals surface area contributed by atoms with Gasteiger partial charge in [-0.15, -0.1) is 0 Å². The molecule has 0 aromatic carbocycles. The predicted octanol–water partition coefficient (Wildman–Crippen LogP) is 1.74. The maximum Gasteiger partial charge on any atom is 0.212 e. The van der Waals surface area contributed by atoms with Crippen LogP contribution in [-0.4, -0.2) is 24.2 Å². The molecule has 1 atom stereocenters. The van der Waals surface area contributed by atoms with Crippen molar-refractivity contribution in [3.63, 3.8) is 0 Å². The average Bonchev–Trinajstić information content (AvgIpc) is 2.48. The van der Waals surface area contributed by atoms with E-state index in [1.165, 1.54) is 0 Å². The second-order valence-corrected chi connectivity index (χ2v) is 4.18. The highest BCUT2D eigenvalue weighted by Crippen LogP contribution is 2.19. The van der Waals surface area contributed by atoms with Gasteiger partial charge in [0.1, 0.15) is 5.75 Å². The van der Waals surface area contributed by atoms with Gasteiger partial charge in [0.25, 0.3) is 0 Å². The summed E-state index contributed by atoms with van der Waals surface area (Å²) in [5.74, 6) is 1.31. The minimum absolute atomic E-state index is 0.141. The lowest BCUT2D eigenvalue weighted by atomic mass is 10.0. The van der Waals surface area contributed by atoms with E-state index in [9.17, 15) is 0 Å². The van der Waals surface area contributed by atoms with E-state index in [0.29, 0.717) is 18.1 Å². The second kappa shape index (κ2) is 6.15. The van der Waals surface area contributed by atoms with Crippen molar-refractivity contribution in [2.75, 3.05) is 14.2 Å². The third kappa shape index (κ3) is 3.42. The molecule has 19 heavy (non-hydrogen) atoms. The normalized spacial score (nSPS) is 11.9. The molecule has 1 unspecified atom stereocenters. The molecule has 2 aromatic rings. The van der Waals surface area contributed by atoms with E-state index in [2.05, 4.69) is 9.97 Å². The third-order valence-electron chi connectivity index (χ3n) is 2.86. The molecule has 0 fully saturated rings. The fraction of sp³-hybridized carbons (Fsp3) is 0.286. The van der Waals surface area contributed by atoms with Gasteiger partial charge in [0, 0.05) is 24.5 Å². The van der Waals surface area contributed by atoms with Crippen LogP contribution in [0.15, 0.2) is 36.8 Å². The lowest BCUT2D eigenvalue weighted by Crippen LogP contribution is -2.14.